The number of benzene rings is 1. The summed E-state index contributed by atoms with van der Waals surface area (Å²) < 4.78 is 26.0. The fourth-order valence-electron chi connectivity index (χ4n) is 1.70. The Bertz CT molecular complexity index is 615. The average Bonchev–Trinajstić information content (AvgIpc) is 2.34. The molecule has 20 heavy (non-hydrogen) atoms. The number of halogens is 1. The summed E-state index contributed by atoms with van der Waals surface area (Å²) in [6, 6.07) is 5.30. The van der Waals surface area contributed by atoms with Crippen LogP contribution in [-0.2, 0) is 15.8 Å². The van der Waals surface area contributed by atoms with Gasteiger partial charge in [0, 0.05) is 11.6 Å². The van der Waals surface area contributed by atoms with Gasteiger partial charge in [0.1, 0.15) is 0 Å². The van der Waals surface area contributed by atoms with Gasteiger partial charge in [0.2, 0.25) is 10.0 Å². The van der Waals surface area contributed by atoms with Gasteiger partial charge in [0.05, 0.1) is 17.3 Å². The van der Waals surface area contributed by atoms with Crippen molar-refractivity contribution >= 4 is 38.8 Å². The highest BCUT2D eigenvalue weighted by Crippen LogP contribution is 2.23. The smallest absolute Gasteiger partial charge is 0.219 e. The van der Waals surface area contributed by atoms with Gasteiger partial charge in [-0.15, -0.1) is 6.58 Å². The van der Waals surface area contributed by atoms with Gasteiger partial charge in [-0.05, 0) is 18.1 Å². The van der Waals surface area contributed by atoms with Gasteiger partial charge in [0.25, 0.3) is 0 Å². The molecular weight excluding hydrogens is 316 g/mol. The van der Waals surface area contributed by atoms with Crippen molar-refractivity contribution in [2.45, 2.75) is 12.7 Å². The summed E-state index contributed by atoms with van der Waals surface area (Å²) in [4.78, 5) is 0.116. The first-order valence-electron chi connectivity index (χ1n) is 5.89. The summed E-state index contributed by atoms with van der Waals surface area (Å²) in [7, 11) is -3.56. The van der Waals surface area contributed by atoms with Crippen molar-refractivity contribution in [2.24, 2.45) is 5.73 Å². The molecule has 0 saturated carbocycles. The lowest BCUT2D eigenvalue weighted by molar-refractivity contribution is 0.481. The van der Waals surface area contributed by atoms with Gasteiger partial charge in [-0.25, -0.2) is 8.42 Å². The predicted molar refractivity (Wildman–Crippen MR) is 87.4 cm³/mol. The molecule has 0 radical (unpaired) electrons. The number of nitrogens with zero attached hydrogens (tertiary/aromatic N) is 1. The molecule has 0 saturated heterocycles. The Morgan fingerprint density at radius 1 is 1.55 bits per heavy atom. The maximum atomic E-state index is 12.4. The Morgan fingerprint density at radius 2 is 2.20 bits per heavy atom. The van der Waals surface area contributed by atoms with E-state index in [-0.39, 0.29) is 23.8 Å². The normalized spacial score (nSPS) is 11.6. The molecule has 0 aliphatic rings. The van der Waals surface area contributed by atoms with E-state index in [1.54, 1.807) is 12.1 Å². The van der Waals surface area contributed by atoms with Crippen LogP contribution < -0.4 is 5.73 Å². The van der Waals surface area contributed by atoms with Crippen molar-refractivity contribution in [3.63, 3.8) is 0 Å². The summed E-state index contributed by atoms with van der Waals surface area (Å²) in [5, 5.41) is 0.463. The van der Waals surface area contributed by atoms with E-state index in [0.29, 0.717) is 10.6 Å². The van der Waals surface area contributed by atoms with E-state index < -0.39 is 10.0 Å². The average molecular weight is 333 g/mol. The van der Waals surface area contributed by atoms with Crippen LogP contribution in [0.1, 0.15) is 11.1 Å². The van der Waals surface area contributed by atoms with Crippen LogP contribution in [0, 0.1) is 6.92 Å². The summed E-state index contributed by atoms with van der Waals surface area (Å²) >= 11 is 10.9. The van der Waals surface area contributed by atoms with Crippen LogP contribution in [0.4, 0.5) is 0 Å². The van der Waals surface area contributed by atoms with E-state index in [1.165, 1.54) is 10.4 Å². The third-order valence-electron chi connectivity index (χ3n) is 2.67. The molecule has 0 fully saturated rings. The summed E-state index contributed by atoms with van der Waals surface area (Å²) in [5.41, 5.74) is 6.83. The zero-order valence-corrected chi connectivity index (χ0v) is 13.6. The highest BCUT2D eigenvalue weighted by molar-refractivity contribution is 7.88. The van der Waals surface area contributed by atoms with Gasteiger partial charge in [-0.3, -0.25) is 0 Å². The fraction of sp³-hybridized carbons (Fsp3) is 0.308. The minimum Gasteiger partial charge on any atom is -0.392 e. The quantitative estimate of drug-likeness (QED) is 0.614. The standard InChI is InChI=1S/C13H17ClN2O2S2/c1-3-7-16(8-12(15)19)20(17,18)9-11-6-4-5-10(2)13(11)14/h3-6H,1,7-9H2,2H3,(H2,15,19). The number of rotatable bonds is 7. The second kappa shape index (κ2) is 7.17. The van der Waals surface area contributed by atoms with Crippen molar-refractivity contribution < 1.29 is 8.42 Å². The molecule has 4 nitrogen and oxygen atoms in total. The van der Waals surface area contributed by atoms with Crippen molar-refractivity contribution in [3.05, 3.63) is 47.0 Å². The van der Waals surface area contributed by atoms with Crippen LogP contribution in [-0.4, -0.2) is 30.8 Å². The molecule has 0 heterocycles. The molecule has 0 bridgehead atoms. The predicted octanol–water partition coefficient (Wildman–Crippen LogP) is 2.25. The van der Waals surface area contributed by atoms with E-state index in [0.717, 1.165) is 5.56 Å². The van der Waals surface area contributed by atoms with Crippen LogP contribution in [0.25, 0.3) is 0 Å². The monoisotopic (exact) mass is 332 g/mol. The summed E-state index contributed by atoms with van der Waals surface area (Å²) in [6.45, 7) is 5.52. The molecule has 1 rings (SSSR count). The summed E-state index contributed by atoms with van der Waals surface area (Å²) in [6.07, 6.45) is 1.49. The molecule has 0 aliphatic carbocycles. The maximum absolute atomic E-state index is 12.4. The second-order valence-electron chi connectivity index (χ2n) is 4.35. The number of sulfonamides is 1. The molecule has 1 aromatic rings. The van der Waals surface area contributed by atoms with Crippen LogP contribution in [0.5, 0.6) is 0 Å². The van der Waals surface area contributed by atoms with Crippen molar-refractivity contribution in [1.29, 1.82) is 0 Å². The number of hydrogen-bond donors (Lipinski definition) is 1. The highest BCUT2D eigenvalue weighted by atomic mass is 35.5. The second-order valence-corrected chi connectivity index (χ2v) is 7.22. The number of thiocarbonyl (C=S) groups is 1. The van der Waals surface area contributed by atoms with Crippen LogP contribution in [0.2, 0.25) is 5.02 Å². The molecule has 7 heteroatoms. The number of hydrogen-bond acceptors (Lipinski definition) is 3. The molecular formula is C13H17ClN2O2S2. The Hall–Kier alpha value is -0.950. The van der Waals surface area contributed by atoms with Gasteiger partial charge in [-0.1, -0.05) is 48.1 Å². The number of nitrogens with two attached hydrogens (primary N) is 1. The topological polar surface area (TPSA) is 63.4 Å². The zero-order valence-electron chi connectivity index (χ0n) is 11.2. The molecule has 0 aliphatic heterocycles. The van der Waals surface area contributed by atoms with Crippen molar-refractivity contribution in [1.82, 2.24) is 4.31 Å². The van der Waals surface area contributed by atoms with Crippen LogP contribution in [0.15, 0.2) is 30.9 Å². The fourth-order valence-corrected chi connectivity index (χ4v) is 3.70. The van der Waals surface area contributed by atoms with E-state index in [4.69, 9.17) is 29.6 Å². The molecule has 1 aromatic carbocycles. The molecule has 0 amide bonds. The Kier molecular flexibility index (Phi) is 6.13. The first kappa shape index (κ1) is 17.1. The highest BCUT2D eigenvalue weighted by Gasteiger charge is 2.23. The third-order valence-corrected chi connectivity index (χ3v) is 5.08. The van der Waals surface area contributed by atoms with Gasteiger partial charge < -0.3 is 5.73 Å². The van der Waals surface area contributed by atoms with E-state index in [9.17, 15) is 8.42 Å². The molecule has 0 unspecified atom stereocenters. The van der Waals surface area contributed by atoms with Crippen molar-refractivity contribution in [2.75, 3.05) is 13.1 Å². The maximum Gasteiger partial charge on any atom is 0.219 e. The number of aryl methyl sites for hydroxylation is 1. The van der Waals surface area contributed by atoms with Crippen molar-refractivity contribution in [3.8, 4) is 0 Å². The molecule has 0 atom stereocenters. The molecule has 0 spiro atoms. The lowest BCUT2D eigenvalue weighted by Crippen LogP contribution is -2.38. The Balaban J connectivity index is 3.05. The van der Waals surface area contributed by atoms with E-state index in [1.807, 2.05) is 13.0 Å². The van der Waals surface area contributed by atoms with E-state index >= 15 is 0 Å². The molecule has 110 valence electrons. The minimum absolute atomic E-state index is 0.00682. The SMILES string of the molecule is C=CCN(CC(N)=S)S(=O)(=O)Cc1cccc(C)c1Cl. The Labute approximate surface area is 130 Å². The first-order valence-corrected chi connectivity index (χ1v) is 8.28. The van der Waals surface area contributed by atoms with Gasteiger partial charge in [-0.2, -0.15) is 4.31 Å². The Morgan fingerprint density at radius 3 is 2.75 bits per heavy atom. The lowest BCUT2D eigenvalue weighted by atomic mass is 10.2. The molecule has 2 N–H and O–H groups in total. The summed E-state index contributed by atoms with van der Waals surface area (Å²) in [5.74, 6) is -0.191. The van der Waals surface area contributed by atoms with Gasteiger partial charge >= 0.3 is 0 Å². The largest absolute Gasteiger partial charge is 0.392 e. The lowest BCUT2D eigenvalue weighted by Gasteiger charge is -2.20. The molecule has 0 aromatic heterocycles. The van der Waals surface area contributed by atoms with Crippen LogP contribution >= 0.6 is 23.8 Å². The third kappa shape index (κ3) is 4.56. The first-order chi connectivity index (χ1) is 9.27. The van der Waals surface area contributed by atoms with Gasteiger partial charge in [0.15, 0.2) is 0 Å². The van der Waals surface area contributed by atoms with E-state index in [2.05, 4.69) is 6.58 Å². The minimum atomic E-state index is -3.56. The zero-order chi connectivity index (χ0) is 15.3. The van der Waals surface area contributed by atoms with Crippen LogP contribution in [0.3, 0.4) is 0 Å².